The predicted molar refractivity (Wildman–Crippen MR) is 98.1 cm³/mol. The SMILES string of the molecule is Cc1cc(N)cc(C)c1OC1=NC(Cc2ccc(Cl)cc2)NS1. The fourth-order valence-corrected chi connectivity index (χ4v) is 3.31. The van der Waals surface area contributed by atoms with E-state index < -0.39 is 0 Å². The highest BCUT2D eigenvalue weighted by Crippen LogP contribution is 2.28. The van der Waals surface area contributed by atoms with Crippen molar-refractivity contribution in [1.29, 1.82) is 0 Å². The van der Waals surface area contributed by atoms with Gasteiger partial charge in [0.2, 0.25) is 0 Å². The first-order chi connectivity index (χ1) is 11.0. The summed E-state index contributed by atoms with van der Waals surface area (Å²) in [4.78, 5) is 4.59. The van der Waals surface area contributed by atoms with Crippen LogP contribution in [0.2, 0.25) is 5.02 Å². The van der Waals surface area contributed by atoms with E-state index in [-0.39, 0.29) is 6.17 Å². The molecule has 1 atom stereocenters. The Labute approximate surface area is 145 Å². The van der Waals surface area contributed by atoms with E-state index in [0.29, 0.717) is 5.23 Å². The van der Waals surface area contributed by atoms with Crippen molar-refractivity contribution in [2.75, 3.05) is 5.73 Å². The van der Waals surface area contributed by atoms with Crippen LogP contribution in [0.4, 0.5) is 5.69 Å². The molecule has 1 aliphatic rings. The van der Waals surface area contributed by atoms with Gasteiger partial charge in [-0.15, -0.1) is 0 Å². The van der Waals surface area contributed by atoms with Crippen LogP contribution in [-0.4, -0.2) is 11.4 Å². The first-order valence-corrected chi connectivity index (χ1v) is 8.50. The lowest BCUT2D eigenvalue weighted by atomic mass is 10.1. The molecule has 2 aromatic carbocycles. The molecule has 0 fully saturated rings. The zero-order chi connectivity index (χ0) is 16.4. The topological polar surface area (TPSA) is 59.6 Å². The van der Waals surface area contributed by atoms with Crippen molar-refractivity contribution in [3.63, 3.8) is 0 Å². The summed E-state index contributed by atoms with van der Waals surface area (Å²) >= 11 is 7.32. The van der Waals surface area contributed by atoms with E-state index in [1.165, 1.54) is 17.5 Å². The Kier molecular flexibility index (Phi) is 4.80. The largest absolute Gasteiger partial charge is 0.432 e. The third-order valence-electron chi connectivity index (χ3n) is 3.56. The Hall–Kier alpha value is -1.69. The molecule has 0 saturated carbocycles. The Balaban J connectivity index is 1.69. The standard InChI is InChI=1S/C17H18ClN3OS/c1-10-7-14(19)8-11(2)16(10)22-17-20-15(21-23-17)9-12-3-5-13(18)6-4-12/h3-8,15,21H,9,19H2,1-2H3. The fourth-order valence-electron chi connectivity index (χ4n) is 2.51. The van der Waals surface area contributed by atoms with E-state index in [1.807, 2.05) is 50.2 Å². The van der Waals surface area contributed by atoms with Crippen LogP contribution in [0, 0.1) is 13.8 Å². The number of halogens is 1. The van der Waals surface area contributed by atoms with Crippen molar-refractivity contribution < 1.29 is 4.74 Å². The normalized spacial score (nSPS) is 17.2. The maximum atomic E-state index is 5.95. The second kappa shape index (κ2) is 6.83. The molecule has 0 spiro atoms. The van der Waals surface area contributed by atoms with Gasteiger partial charge < -0.3 is 10.5 Å². The van der Waals surface area contributed by atoms with Crippen molar-refractivity contribution in [1.82, 2.24) is 4.72 Å². The predicted octanol–water partition coefficient (Wildman–Crippen LogP) is 4.09. The van der Waals surface area contributed by atoms with Gasteiger partial charge in [-0.1, -0.05) is 23.7 Å². The molecule has 1 heterocycles. The molecular formula is C17H18ClN3OS. The average Bonchev–Trinajstić information content (AvgIpc) is 2.93. The first kappa shape index (κ1) is 16.2. The van der Waals surface area contributed by atoms with E-state index in [4.69, 9.17) is 22.1 Å². The summed E-state index contributed by atoms with van der Waals surface area (Å²) in [7, 11) is 0. The number of rotatable bonds is 3. The number of nitrogens with one attached hydrogen (secondary N) is 1. The average molecular weight is 348 g/mol. The van der Waals surface area contributed by atoms with Gasteiger partial charge in [-0.3, -0.25) is 0 Å². The van der Waals surface area contributed by atoms with E-state index in [0.717, 1.165) is 34.0 Å². The Morgan fingerprint density at radius 1 is 1.22 bits per heavy atom. The summed E-state index contributed by atoms with van der Waals surface area (Å²) in [6.45, 7) is 3.97. The number of aliphatic imine (C=N–C) groups is 1. The monoisotopic (exact) mass is 347 g/mol. The van der Waals surface area contributed by atoms with Gasteiger partial charge in [0.25, 0.3) is 5.23 Å². The second-order valence-electron chi connectivity index (χ2n) is 5.55. The molecular weight excluding hydrogens is 330 g/mol. The number of benzene rings is 2. The van der Waals surface area contributed by atoms with Crippen molar-refractivity contribution in [2.24, 2.45) is 4.99 Å². The number of nitrogens with zero attached hydrogens (tertiary/aromatic N) is 1. The fraction of sp³-hybridized carbons (Fsp3) is 0.235. The zero-order valence-corrected chi connectivity index (χ0v) is 14.5. The number of ether oxygens (including phenoxy) is 1. The van der Waals surface area contributed by atoms with Crippen molar-refractivity contribution in [3.8, 4) is 5.75 Å². The summed E-state index contributed by atoms with van der Waals surface area (Å²) in [5.74, 6) is 0.819. The minimum absolute atomic E-state index is 0.00873. The van der Waals surface area contributed by atoms with Crippen LogP contribution in [0.1, 0.15) is 16.7 Å². The van der Waals surface area contributed by atoms with Gasteiger partial charge in [0.05, 0.1) is 0 Å². The van der Waals surface area contributed by atoms with E-state index in [1.54, 1.807) is 0 Å². The summed E-state index contributed by atoms with van der Waals surface area (Å²) in [6, 6.07) is 11.6. The molecule has 3 rings (SSSR count). The van der Waals surface area contributed by atoms with Crippen LogP contribution in [0.5, 0.6) is 5.75 Å². The quantitative estimate of drug-likeness (QED) is 0.648. The van der Waals surface area contributed by atoms with Crippen LogP contribution in [0.3, 0.4) is 0 Å². The number of nitrogen functional groups attached to an aromatic ring is 1. The number of anilines is 1. The minimum atomic E-state index is -0.00873. The van der Waals surface area contributed by atoms with Gasteiger partial charge in [0.15, 0.2) is 0 Å². The molecule has 1 unspecified atom stereocenters. The Bertz CT molecular complexity index is 723. The zero-order valence-electron chi connectivity index (χ0n) is 13.0. The highest BCUT2D eigenvalue weighted by atomic mass is 35.5. The van der Waals surface area contributed by atoms with Crippen molar-refractivity contribution in [3.05, 3.63) is 58.1 Å². The molecule has 0 aromatic heterocycles. The molecule has 0 bridgehead atoms. The molecule has 23 heavy (non-hydrogen) atoms. The highest BCUT2D eigenvalue weighted by molar-refractivity contribution is 8.12. The molecule has 1 aliphatic heterocycles. The lowest BCUT2D eigenvalue weighted by Crippen LogP contribution is -2.18. The summed E-state index contributed by atoms with van der Waals surface area (Å²) in [5.41, 5.74) is 9.78. The second-order valence-corrected chi connectivity index (χ2v) is 6.77. The van der Waals surface area contributed by atoms with Gasteiger partial charge in [0.1, 0.15) is 11.9 Å². The molecule has 6 heteroatoms. The first-order valence-electron chi connectivity index (χ1n) is 7.30. The van der Waals surface area contributed by atoms with Gasteiger partial charge in [0, 0.05) is 29.1 Å². The molecule has 2 aromatic rings. The summed E-state index contributed by atoms with van der Waals surface area (Å²) in [6.07, 6.45) is 0.780. The van der Waals surface area contributed by atoms with Gasteiger partial charge in [-0.05, 0) is 54.8 Å². The third-order valence-corrected chi connectivity index (χ3v) is 4.56. The van der Waals surface area contributed by atoms with Crippen LogP contribution < -0.4 is 15.2 Å². The Morgan fingerprint density at radius 2 is 1.87 bits per heavy atom. The number of hydrogen-bond acceptors (Lipinski definition) is 5. The van der Waals surface area contributed by atoms with Crippen molar-refractivity contribution >= 4 is 34.5 Å². The molecule has 0 saturated heterocycles. The summed E-state index contributed by atoms with van der Waals surface area (Å²) in [5, 5.41) is 1.37. The maximum Gasteiger partial charge on any atom is 0.268 e. The molecule has 120 valence electrons. The molecule has 0 aliphatic carbocycles. The van der Waals surface area contributed by atoms with Crippen LogP contribution >= 0.6 is 23.5 Å². The maximum absolute atomic E-state index is 5.95. The van der Waals surface area contributed by atoms with E-state index in [9.17, 15) is 0 Å². The van der Waals surface area contributed by atoms with E-state index in [2.05, 4.69) is 9.71 Å². The third kappa shape index (κ3) is 3.99. The molecule has 3 N–H and O–H groups in total. The van der Waals surface area contributed by atoms with Crippen LogP contribution in [0.15, 0.2) is 41.4 Å². The minimum Gasteiger partial charge on any atom is -0.432 e. The van der Waals surface area contributed by atoms with Crippen LogP contribution in [-0.2, 0) is 6.42 Å². The molecule has 0 amide bonds. The highest BCUT2D eigenvalue weighted by Gasteiger charge is 2.21. The molecule has 0 radical (unpaired) electrons. The lowest BCUT2D eigenvalue weighted by Gasteiger charge is -2.11. The molecule has 4 nitrogen and oxygen atoms in total. The van der Waals surface area contributed by atoms with Gasteiger partial charge in [-0.25, -0.2) is 9.71 Å². The Morgan fingerprint density at radius 3 is 2.52 bits per heavy atom. The van der Waals surface area contributed by atoms with Crippen molar-refractivity contribution in [2.45, 2.75) is 26.4 Å². The van der Waals surface area contributed by atoms with Gasteiger partial charge >= 0.3 is 0 Å². The van der Waals surface area contributed by atoms with Crippen LogP contribution in [0.25, 0.3) is 0 Å². The van der Waals surface area contributed by atoms with E-state index >= 15 is 0 Å². The number of aryl methyl sites for hydroxylation is 2. The lowest BCUT2D eigenvalue weighted by molar-refractivity contribution is 0.547. The number of nitrogens with two attached hydrogens (primary N) is 1. The number of hydrogen-bond donors (Lipinski definition) is 2. The smallest absolute Gasteiger partial charge is 0.268 e. The van der Waals surface area contributed by atoms with Gasteiger partial charge in [-0.2, -0.15) is 0 Å². The summed E-state index contributed by atoms with van der Waals surface area (Å²) < 4.78 is 9.22.